The van der Waals surface area contributed by atoms with Crippen molar-refractivity contribution < 1.29 is 0 Å². The molecule has 1 aromatic carbocycles. The summed E-state index contributed by atoms with van der Waals surface area (Å²) in [5.41, 5.74) is 1.14. The minimum absolute atomic E-state index is 1.02. The van der Waals surface area contributed by atoms with Gasteiger partial charge in [0.25, 0.3) is 0 Å². The predicted octanol–water partition coefficient (Wildman–Crippen LogP) is 4.67. The monoisotopic (exact) mass is 218 g/mol. The van der Waals surface area contributed by atoms with Crippen molar-refractivity contribution in [2.75, 3.05) is 0 Å². The molecular weight excluding hydrogens is 200 g/mol. The largest absolute Gasteiger partial charge is 0.143 e. The van der Waals surface area contributed by atoms with Gasteiger partial charge < -0.3 is 0 Å². The van der Waals surface area contributed by atoms with E-state index in [0.717, 1.165) is 16.9 Å². The fraction of sp³-hybridized carbons (Fsp3) is 0.143. The molecule has 0 aliphatic carbocycles. The highest BCUT2D eigenvalue weighted by Gasteiger charge is 1.76. The van der Waals surface area contributed by atoms with Gasteiger partial charge in [0.15, 0.2) is 0 Å². The Bertz CT molecular complexity index is 309. The second-order valence-corrected chi connectivity index (χ2v) is 3.46. The van der Waals surface area contributed by atoms with Crippen LogP contribution < -0.4 is 0 Å². The summed E-state index contributed by atoms with van der Waals surface area (Å²) in [6, 6.07) is 9.79. The molecule has 0 aliphatic heterocycles. The highest BCUT2D eigenvalue weighted by molar-refractivity contribution is 7.80. The van der Waals surface area contributed by atoms with Gasteiger partial charge in [-0.25, -0.2) is 0 Å². The van der Waals surface area contributed by atoms with Crippen molar-refractivity contribution in [1.82, 2.24) is 0 Å². The van der Waals surface area contributed by atoms with Crippen LogP contribution in [0.4, 0.5) is 0 Å². The maximum atomic E-state index is 4.08. The van der Waals surface area contributed by atoms with Gasteiger partial charge in [-0.3, -0.25) is 0 Å². The van der Waals surface area contributed by atoms with Crippen molar-refractivity contribution in [3.63, 3.8) is 0 Å². The lowest BCUT2D eigenvalue weighted by Crippen LogP contribution is -1.65. The Hall–Kier alpha value is -1.21. The molecule has 0 aliphatic rings. The van der Waals surface area contributed by atoms with Gasteiger partial charge in [-0.2, -0.15) is 0 Å². The fourth-order valence-electron chi connectivity index (χ4n) is 0.750. The molecule has 0 saturated heterocycles. The first-order valence-corrected chi connectivity index (χ1v) is 5.36. The summed E-state index contributed by atoms with van der Waals surface area (Å²) in [6.07, 6.45) is 6.63. The lowest BCUT2D eigenvalue weighted by Gasteiger charge is -1.86. The molecule has 0 saturated carbocycles. The molecule has 1 aromatic rings. The Labute approximate surface area is 98.4 Å². The van der Waals surface area contributed by atoms with Crippen LogP contribution >= 0.6 is 12.6 Å². The standard InChI is InChI=1S/C8H12.C6H6S/c1-4-6-7-8(3)5-2;7-6-4-2-1-3-5-6/h4,6-7H,1,3,5H2,2H3;1-5,7H/b7-6-;. The summed E-state index contributed by atoms with van der Waals surface area (Å²) >= 11 is 4.08. The normalized spacial score (nSPS) is 9.20. The maximum Gasteiger partial charge on any atom is 0.00399 e. The van der Waals surface area contributed by atoms with Crippen molar-refractivity contribution in [3.05, 3.63) is 67.3 Å². The Kier molecular flexibility index (Phi) is 8.59. The van der Waals surface area contributed by atoms with Crippen LogP contribution in [0, 0.1) is 0 Å². The van der Waals surface area contributed by atoms with Gasteiger partial charge in [0.2, 0.25) is 0 Å². The van der Waals surface area contributed by atoms with E-state index in [2.05, 4.69) is 32.7 Å². The molecule has 15 heavy (non-hydrogen) atoms. The van der Waals surface area contributed by atoms with Gasteiger partial charge in [-0.15, -0.1) is 12.6 Å². The van der Waals surface area contributed by atoms with Crippen molar-refractivity contribution in [3.8, 4) is 0 Å². The van der Waals surface area contributed by atoms with Crippen molar-refractivity contribution in [1.29, 1.82) is 0 Å². The minimum Gasteiger partial charge on any atom is -0.143 e. The first kappa shape index (κ1) is 13.8. The molecule has 0 heterocycles. The molecular formula is C14H18S. The molecule has 0 nitrogen and oxygen atoms in total. The number of benzene rings is 1. The van der Waals surface area contributed by atoms with Gasteiger partial charge in [-0.1, -0.05) is 62.1 Å². The number of hydrogen-bond donors (Lipinski definition) is 1. The highest BCUT2D eigenvalue weighted by atomic mass is 32.1. The Balaban J connectivity index is 0.000000262. The quantitative estimate of drug-likeness (QED) is 0.553. The first-order chi connectivity index (χ1) is 7.20. The second-order valence-electron chi connectivity index (χ2n) is 2.94. The van der Waals surface area contributed by atoms with E-state index in [1.165, 1.54) is 0 Å². The predicted molar refractivity (Wildman–Crippen MR) is 72.5 cm³/mol. The van der Waals surface area contributed by atoms with Crippen LogP contribution in [0.5, 0.6) is 0 Å². The zero-order valence-corrected chi connectivity index (χ0v) is 10.1. The minimum atomic E-state index is 1.02. The lowest BCUT2D eigenvalue weighted by molar-refractivity contribution is 1.16. The van der Waals surface area contributed by atoms with Crippen LogP contribution in [0.1, 0.15) is 13.3 Å². The topological polar surface area (TPSA) is 0 Å². The average Bonchev–Trinajstić information content (AvgIpc) is 2.28. The third-order valence-corrected chi connectivity index (χ3v) is 1.98. The third-order valence-electron chi connectivity index (χ3n) is 1.68. The molecule has 0 fully saturated rings. The summed E-state index contributed by atoms with van der Waals surface area (Å²) < 4.78 is 0. The summed E-state index contributed by atoms with van der Waals surface area (Å²) in [6.45, 7) is 9.39. The summed E-state index contributed by atoms with van der Waals surface area (Å²) in [5.74, 6) is 0. The molecule has 0 bridgehead atoms. The summed E-state index contributed by atoms with van der Waals surface area (Å²) in [7, 11) is 0. The molecule has 0 radical (unpaired) electrons. The number of hydrogen-bond acceptors (Lipinski definition) is 1. The van der Waals surface area contributed by atoms with E-state index >= 15 is 0 Å². The highest BCUT2D eigenvalue weighted by Crippen LogP contribution is 2.00. The second kappa shape index (κ2) is 9.35. The molecule has 0 spiro atoms. The lowest BCUT2D eigenvalue weighted by atomic mass is 10.2. The van der Waals surface area contributed by atoms with Crippen molar-refractivity contribution in [2.45, 2.75) is 18.2 Å². The molecule has 0 amide bonds. The van der Waals surface area contributed by atoms with E-state index in [-0.39, 0.29) is 0 Å². The van der Waals surface area contributed by atoms with Crippen LogP contribution in [-0.2, 0) is 0 Å². The maximum absolute atomic E-state index is 4.08. The Morgan fingerprint density at radius 2 is 1.93 bits per heavy atom. The molecule has 0 unspecified atom stereocenters. The summed E-state index contributed by atoms with van der Waals surface area (Å²) in [5, 5.41) is 0. The smallest absolute Gasteiger partial charge is 0.00399 e. The number of thiol groups is 1. The van der Waals surface area contributed by atoms with E-state index < -0.39 is 0 Å². The molecule has 0 N–H and O–H groups in total. The van der Waals surface area contributed by atoms with Crippen molar-refractivity contribution in [2.24, 2.45) is 0 Å². The van der Waals surface area contributed by atoms with E-state index in [4.69, 9.17) is 0 Å². The molecule has 1 rings (SSSR count). The Morgan fingerprint density at radius 3 is 2.27 bits per heavy atom. The van der Waals surface area contributed by atoms with E-state index in [9.17, 15) is 0 Å². The van der Waals surface area contributed by atoms with Crippen LogP contribution in [0.25, 0.3) is 0 Å². The van der Waals surface area contributed by atoms with Gasteiger partial charge in [-0.05, 0) is 18.6 Å². The molecule has 0 atom stereocenters. The van der Waals surface area contributed by atoms with Gasteiger partial charge in [0.1, 0.15) is 0 Å². The summed E-state index contributed by atoms with van der Waals surface area (Å²) in [4.78, 5) is 1.02. The van der Waals surface area contributed by atoms with Gasteiger partial charge >= 0.3 is 0 Å². The fourth-order valence-corrected chi connectivity index (χ4v) is 0.922. The zero-order valence-electron chi connectivity index (χ0n) is 9.19. The van der Waals surface area contributed by atoms with E-state index in [0.29, 0.717) is 0 Å². The average molecular weight is 218 g/mol. The van der Waals surface area contributed by atoms with E-state index in [1.807, 2.05) is 42.5 Å². The van der Waals surface area contributed by atoms with Crippen LogP contribution in [0.15, 0.2) is 72.2 Å². The molecule has 1 heteroatoms. The zero-order chi connectivity index (χ0) is 11.5. The SMILES string of the molecule is C=C/C=C\C(=C)CC.Sc1ccccc1. The van der Waals surface area contributed by atoms with E-state index in [1.54, 1.807) is 6.08 Å². The van der Waals surface area contributed by atoms with Crippen LogP contribution in [-0.4, -0.2) is 0 Å². The molecule has 80 valence electrons. The first-order valence-electron chi connectivity index (χ1n) is 4.91. The van der Waals surface area contributed by atoms with Crippen LogP contribution in [0.2, 0.25) is 0 Å². The van der Waals surface area contributed by atoms with Crippen LogP contribution in [0.3, 0.4) is 0 Å². The third kappa shape index (κ3) is 9.10. The van der Waals surface area contributed by atoms with Gasteiger partial charge in [0, 0.05) is 4.90 Å². The van der Waals surface area contributed by atoms with Crippen molar-refractivity contribution >= 4 is 12.6 Å². The number of rotatable bonds is 3. The number of allylic oxidation sites excluding steroid dienone is 4. The molecule has 0 aromatic heterocycles. The Morgan fingerprint density at radius 1 is 1.33 bits per heavy atom. The van der Waals surface area contributed by atoms with Gasteiger partial charge in [0.05, 0.1) is 0 Å².